The van der Waals surface area contributed by atoms with Crippen molar-refractivity contribution in [3.8, 4) is 5.75 Å². The van der Waals surface area contributed by atoms with Crippen molar-refractivity contribution < 1.29 is 55.0 Å². The van der Waals surface area contributed by atoms with Gasteiger partial charge in [-0.3, -0.25) is 19.2 Å². The van der Waals surface area contributed by atoms with Crippen molar-refractivity contribution in [2.45, 2.75) is 38.0 Å². The number of halogens is 7. The van der Waals surface area contributed by atoms with E-state index in [2.05, 4.69) is 10.1 Å². The van der Waals surface area contributed by atoms with Crippen molar-refractivity contribution in [3.05, 3.63) is 75.7 Å². The third kappa shape index (κ3) is 6.40. The summed E-state index contributed by atoms with van der Waals surface area (Å²) in [6.07, 6.45) is -4.82. The van der Waals surface area contributed by atoms with E-state index < -0.39 is 89.1 Å². The highest BCUT2D eigenvalue weighted by atomic mass is 19.4. The number of carbonyl (C=O) groups is 3. The van der Waals surface area contributed by atoms with Gasteiger partial charge in [-0.15, -0.1) is 0 Å². The molecule has 2 N–H and O–H groups in total. The van der Waals surface area contributed by atoms with Gasteiger partial charge < -0.3 is 19.7 Å². The van der Waals surface area contributed by atoms with E-state index in [1.165, 1.54) is 13.0 Å². The molecule has 15 heteroatoms. The fourth-order valence-corrected chi connectivity index (χ4v) is 3.79. The minimum atomic E-state index is -4.75. The first-order valence-electron chi connectivity index (χ1n) is 11.4. The Labute approximate surface area is 220 Å². The van der Waals surface area contributed by atoms with Gasteiger partial charge in [-0.1, -0.05) is 13.0 Å². The number of carboxylic acid groups (broad SMARTS) is 1. The van der Waals surface area contributed by atoms with Crippen LogP contribution in [0.4, 0.5) is 30.7 Å². The molecule has 3 aromatic rings. The van der Waals surface area contributed by atoms with Crippen LogP contribution in [0.3, 0.4) is 0 Å². The standard InChI is InChI=1S/C25H19F7N2O6/c1-2-17(34-6-5-11-3-4-12(25(30,31)32)7-13(11)24(34)39)23(38)33-16(9-19(36)37)18(35)10-40-22-20(28)14(26)8-15(27)21(22)29/h3-8,16-17H,2,9-10H2,1H3,(H,33,38)(H,36,37)/t16-,17-/m0/s1. The first-order chi connectivity index (χ1) is 18.6. The Bertz CT molecular complexity index is 1510. The number of hydrogen-bond donors (Lipinski definition) is 2. The van der Waals surface area contributed by atoms with E-state index >= 15 is 0 Å². The molecule has 0 bridgehead atoms. The number of ketones is 1. The number of ether oxygens (including phenoxy) is 1. The number of pyridine rings is 1. The number of benzene rings is 2. The first-order valence-corrected chi connectivity index (χ1v) is 11.4. The number of rotatable bonds is 10. The van der Waals surface area contributed by atoms with Crippen LogP contribution in [0.1, 0.15) is 31.4 Å². The Morgan fingerprint density at radius 2 is 1.65 bits per heavy atom. The van der Waals surface area contributed by atoms with Crippen LogP contribution in [0.2, 0.25) is 0 Å². The highest BCUT2D eigenvalue weighted by molar-refractivity contribution is 5.94. The van der Waals surface area contributed by atoms with Crippen molar-refractivity contribution in [1.29, 1.82) is 0 Å². The molecular formula is C25H19F7N2O6. The van der Waals surface area contributed by atoms with E-state index in [9.17, 15) is 49.9 Å². The molecule has 0 aliphatic carbocycles. The van der Waals surface area contributed by atoms with Gasteiger partial charge in [0.05, 0.1) is 12.0 Å². The third-order valence-corrected chi connectivity index (χ3v) is 5.80. The first kappa shape index (κ1) is 30.1. The zero-order valence-corrected chi connectivity index (χ0v) is 20.3. The van der Waals surface area contributed by atoms with Crippen LogP contribution in [0.5, 0.6) is 5.75 Å². The van der Waals surface area contributed by atoms with E-state index in [0.29, 0.717) is 6.07 Å². The highest BCUT2D eigenvalue weighted by Crippen LogP contribution is 2.31. The number of fused-ring (bicyclic) bond motifs is 1. The van der Waals surface area contributed by atoms with Crippen LogP contribution in [-0.4, -0.2) is 40.0 Å². The van der Waals surface area contributed by atoms with Gasteiger partial charge in [0.25, 0.3) is 5.56 Å². The van der Waals surface area contributed by atoms with Crippen molar-refractivity contribution in [3.63, 3.8) is 0 Å². The Hall–Kier alpha value is -4.43. The smallest absolute Gasteiger partial charge is 0.416 e. The molecule has 1 aromatic heterocycles. The Morgan fingerprint density at radius 3 is 2.20 bits per heavy atom. The molecule has 2 aromatic carbocycles. The van der Waals surface area contributed by atoms with Crippen molar-refractivity contribution >= 4 is 28.4 Å². The average Bonchev–Trinajstić information content (AvgIpc) is 2.87. The zero-order valence-electron chi connectivity index (χ0n) is 20.3. The molecule has 0 radical (unpaired) electrons. The summed E-state index contributed by atoms with van der Waals surface area (Å²) in [5, 5.41) is 11.0. The lowest BCUT2D eigenvalue weighted by atomic mass is 10.1. The number of Topliss-reactive ketones (excluding diaryl/α,β-unsaturated/α-hetero) is 1. The number of aromatic nitrogens is 1. The number of nitrogens with zero attached hydrogens (tertiary/aromatic N) is 1. The van der Waals surface area contributed by atoms with Gasteiger partial charge >= 0.3 is 12.1 Å². The van der Waals surface area contributed by atoms with Gasteiger partial charge in [0.1, 0.15) is 18.7 Å². The summed E-state index contributed by atoms with van der Waals surface area (Å²) in [4.78, 5) is 49.9. The van der Waals surface area contributed by atoms with Gasteiger partial charge in [-0.05, 0) is 30.0 Å². The maximum absolute atomic E-state index is 13.8. The minimum Gasteiger partial charge on any atom is -0.481 e. The van der Waals surface area contributed by atoms with Crippen LogP contribution < -0.4 is 15.6 Å². The molecule has 40 heavy (non-hydrogen) atoms. The van der Waals surface area contributed by atoms with E-state index in [4.69, 9.17) is 5.11 Å². The lowest BCUT2D eigenvalue weighted by Gasteiger charge is -2.22. The number of alkyl halides is 3. The Morgan fingerprint density at radius 1 is 1.02 bits per heavy atom. The van der Waals surface area contributed by atoms with Crippen molar-refractivity contribution in [2.24, 2.45) is 0 Å². The van der Waals surface area contributed by atoms with Crippen LogP contribution >= 0.6 is 0 Å². The molecule has 0 saturated heterocycles. The predicted molar refractivity (Wildman–Crippen MR) is 123 cm³/mol. The summed E-state index contributed by atoms with van der Waals surface area (Å²) in [5.41, 5.74) is -2.08. The Balaban J connectivity index is 1.87. The van der Waals surface area contributed by atoms with E-state index in [0.717, 1.165) is 22.9 Å². The van der Waals surface area contributed by atoms with Crippen LogP contribution in [-0.2, 0) is 20.6 Å². The normalized spacial score (nSPS) is 13.1. The van der Waals surface area contributed by atoms with Gasteiger partial charge in [-0.25, -0.2) is 8.78 Å². The van der Waals surface area contributed by atoms with Crippen molar-refractivity contribution in [2.75, 3.05) is 6.61 Å². The molecule has 0 unspecified atom stereocenters. The summed E-state index contributed by atoms with van der Waals surface area (Å²) >= 11 is 0. The molecular weight excluding hydrogens is 557 g/mol. The number of hydrogen-bond acceptors (Lipinski definition) is 5. The lowest BCUT2D eigenvalue weighted by Crippen LogP contribution is -2.47. The molecule has 0 fully saturated rings. The number of aliphatic carboxylic acids is 1. The molecule has 214 valence electrons. The molecule has 0 aliphatic heterocycles. The second-order valence-corrected chi connectivity index (χ2v) is 8.46. The molecule has 2 atom stereocenters. The molecule has 1 heterocycles. The van der Waals surface area contributed by atoms with E-state index in [-0.39, 0.29) is 23.3 Å². The summed E-state index contributed by atoms with van der Waals surface area (Å²) in [6.45, 7) is 0.107. The second kappa shape index (κ2) is 11.8. The largest absolute Gasteiger partial charge is 0.481 e. The molecule has 0 saturated carbocycles. The number of amides is 1. The fourth-order valence-electron chi connectivity index (χ4n) is 3.79. The van der Waals surface area contributed by atoms with Crippen molar-refractivity contribution in [1.82, 2.24) is 9.88 Å². The van der Waals surface area contributed by atoms with Gasteiger partial charge in [-0.2, -0.15) is 22.0 Å². The highest BCUT2D eigenvalue weighted by Gasteiger charge is 2.32. The topological polar surface area (TPSA) is 115 Å². The summed E-state index contributed by atoms with van der Waals surface area (Å²) in [7, 11) is 0. The Kier molecular flexibility index (Phi) is 8.85. The van der Waals surface area contributed by atoms with Gasteiger partial charge in [0.15, 0.2) is 23.2 Å². The van der Waals surface area contributed by atoms with E-state index in [1.54, 1.807) is 0 Å². The van der Waals surface area contributed by atoms with Crippen LogP contribution in [0.15, 0.2) is 41.3 Å². The predicted octanol–water partition coefficient (Wildman–Crippen LogP) is 4.14. The lowest BCUT2D eigenvalue weighted by molar-refractivity contribution is -0.141. The third-order valence-electron chi connectivity index (χ3n) is 5.80. The SMILES string of the molecule is CC[C@@H](C(=O)N[C@@H](CC(=O)O)C(=O)COc1c(F)c(F)cc(F)c1F)n1ccc2ccc(C(F)(F)F)cc2c1=O. The molecule has 3 rings (SSSR count). The molecule has 1 amide bonds. The van der Waals surface area contributed by atoms with E-state index in [1.807, 2.05) is 0 Å². The van der Waals surface area contributed by atoms with Crippen LogP contribution in [0.25, 0.3) is 10.8 Å². The number of nitrogens with one attached hydrogen (secondary N) is 1. The summed E-state index contributed by atoms with van der Waals surface area (Å²) in [6, 6.07) is 0.317. The molecule has 0 aliphatic rings. The number of carbonyl (C=O) groups excluding carboxylic acids is 2. The fraction of sp³-hybridized carbons (Fsp3) is 0.280. The quantitative estimate of drug-likeness (QED) is 0.277. The maximum atomic E-state index is 13.8. The summed E-state index contributed by atoms with van der Waals surface area (Å²) in [5.74, 6) is -13.1. The van der Waals surface area contributed by atoms with Crippen LogP contribution in [0, 0.1) is 23.3 Å². The molecule has 8 nitrogen and oxygen atoms in total. The minimum absolute atomic E-state index is 0.101. The number of carboxylic acids is 1. The second-order valence-electron chi connectivity index (χ2n) is 8.46. The van der Waals surface area contributed by atoms with Gasteiger partial charge in [0, 0.05) is 17.6 Å². The monoisotopic (exact) mass is 576 g/mol. The average molecular weight is 576 g/mol. The zero-order chi connectivity index (χ0) is 29.9. The van der Waals surface area contributed by atoms with Gasteiger partial charge in [0.2, 0.25) is 17.5 Å². The summed E-state index contributed by atoms with van der Waals surface area (Å²) < 4.78 is 99.2. The molecule has 0 spiro atoms. The maximum Gasteiger partial charge on any atom is 0.416 e.